The number of rotatable bonds is 9. The Morgan fingerprint density at radius 1 is 1.11 bits per heavy atom. The summed E-state index contributed by atoms with van der Waals surface area (Å²) in [5.41, 5.74) is 0.902. The third kappa shape index (κ3) is 5.62. The molecule has 0 saturated heterocycles. The molecule has 2 aromatic rings. The van der Waals surface area contributed by atoms with Crippen LogP contribution in [0, 0.1) is 0 Å². The molecule has 0 aliphatic rings. The van der Waals surface area contributed by atoms with Gasteiger partial charge in [0.15, 0.2) is 0 Å². The van der Waals surface area contributed by atoms with E-state index in [0.29, 0.717) is 29.4 Å². The van der Waals surface area contributed by atoms with Gasteiger partial charge < -0.3 is 14.8 Å². The van der Waals surface area contributed by atoms with Crippen LogP contribution in [-0.2, 0) is 10.0 Å². The van der Waals surface area contributed by atoms with Crippen LogP contribution in [0.4, 0.5) is 5.69 Å². The number of benzene rings is 2. The lowest BCUT2D eigenvalue weighted by Crippen LogP contribution is -2.38. The van der Waals surface area contributed by atoms with Crippen LogP contribution in [0.3, 0.4) is 0 Å². The fourth-order valence-corrected chi connectivity index (χ4v) is 3.49. The Morgan fingerprint density at radius 3 is 2.37 bits per heavy atom. The van der Waals surface area contributed by atoms with Crippen LogP contribution in [0.25, 0.3) is 0 Å². The second kappa shape index (κ2) is 9.27. The van der Waals surface area contributed by atoms with Gasteiger partial charge in [0, 0.05) is 6.54 Å². The summed E-state index contributed by atoms with van der Waals surface area (Å²) in [6, 6.07) is 13.6. The highest BCUT2D eigenvalue weighted by Crippen LogP contribution is 2.21. The maximum absolute atomic E-state index is 12.3. The van der Waals surface area contributed by atoms with Gasteiger partial charge in [0.05, 0.1) is 37.8 Å². The molecule has 0 unspecified atom stereocenters. The zero-order valence-corrected chi connectivity index (χ0v) is 16.5. The Kier molecular flexibility index (Phi) is 7.06. The topological polar surface area (TPSA) is 84.9 Å². The van der Waals surface area contributed by atoms with E-state index in [2.05, 4.69) is 5.32 Å². The van der Waals surface area contributed by atoms with Crippen molar-refractivity contribution in [3.8, 4) is 11.5 Å². The standard InChI is InChI=1S/C19H24N2O5S/c1-4-26-16-11-9-15(10-12-16)21(27(3,23)24)14-13-20-19(22)17-7-5-6-8-18(17)25-2/h5-12H,4,13-14H2,1-3H3,(H,20,22). The third-order valence-electron chi connectivity index (χ3n) is 3.79. The minimum Gasteiger partial charge on any atom is -0.496 e. The van der Waals surface area contributed by atoms with Crippen molar-refractivity contribution in [2.24, 2.45) is 0 Å². The second-order valence-corrected chi connectivity index (χ2v) is 7.63. The molecule has 2 aromatic carbocycles. The first-order chi connectivity index (χ1) is 12.9. The number of hydrogen-bond donors (Lipinski definition) is 1. The highest BCUT2D eigenvalue weighted by atomic mass is 32.2. The zero-order valence-electron chi connectivity index (χ0n) is 15.6. The van der Waals surface area contributed by atoms with Crippen molar-refractivity contribution < 1.29 is 22.7 Å². The van der Waals surface area contributed by atoms with E-state index in [-0.39, 0.29) is 19.0 Å². The molecule has 0 fully saturated rings. The number of nitrogens with one attached hydrogen (secondary N) is 1. The van der Waals surface area contributed by atoms with Gasteiger partial charge in [0.25, 0.3) is 5.91 Å². The van der Waals surface area contributed by atoms with Crippen molar-refractivity contribution in [1.82, 2.24) is 5.32 Å². The third-order valence-corrected chi connectivity index (χ3v) is 4.98. The second-order valence-electron chi connectivity index (χ2n) is 5.72. The molecule has 8 heteroatoms. The predicted octanol–water partition coefficient (Wildman–Crippen LogP) is 2.29. The van der Waals surface area contributed by atoms with Gasteiger partial charge in [-0.15, -0.1) is 0 Å². The number of hydrogen-bond acceptors (Lipinski definition) is 5. The van der Waals surface area contributed by atoms with Crippen LogP contribution in [-0.4, -0.2) is 47.4 Å². The molecule has 0 aliphatic carbocycles. The fourth-order valence-electron chi connectivity index (χ4n) is 2.56. The van der Waals surface area contributed by atoms with Crippen LogP contribution >= 0.6 is 0 Å². The number of para-hydroxylation sites is 1. The summed E-state index contributed by atoms with van der Waals surface area (Å²) in [7, 11) is -2.01. The Hall–Kier alpha value is -2.74. The molecule has 0 saturated carbocycles. The first-order valence-electron chi connectivity index (χ1n) is 8.48. The number of carbonyl (C=O) groups excluding carboxylic acids is 1. The van der Waals surface area contributed by atoms with Crippen LogP contribution in [0.1, 0.15) is 17.3 Å². The zero-order chi connectivity index (χ0) is 19.9. The average molecular weight is 392 g/mol. The number of ether oxygens (including phenoxy) is 2. The van der Waals surface area contributed by atoms with Gasteiger partial charge in [0.1, 0.15) is 11.5 Å². The summed E-state index contributed by atoms with van der Waals surface area (Å²) in [6.07, 6.45) is 1.13. The number of methoxy groups -OCH3 is 1. The summed E-state index contributed by atoms with van der Waals surface area (Å²) in [5.74, 6) is 0.799. The van der Waals surface area contributed by atoms with E-state index in [1.165, 1.54) is 11.4 Å². The molecule has 0 aliphatic heterocycles. The van der Waals surface area contributed by atoms with Crippen LogP contribution in [0.2, 0.25) is 0 Å². The molecule has 7 nitrogen and oxygen atoms in total. The van der Waals surface area contributed by atoms with E-state index in [4.69, 9.17) is 9.47 Å². The molecule has 0 spiro atoms. The van der Waals surface area contributed by atoms with Crippen molar-refractivity contribution in [3.05, 3.63) is 54.1 Å². The molecule has 0 bridgehead atoms. The van der Waals surface area contributed by atoms with Gasteiger partial charge in [-0.2, -0.15) is 0 Å². The summed E-state index contributed by atoms with van der Waals surface area (Å²) in [5, 5.41) is 2.73. The van der Waals surface area contributed by atoms with E-state index in [0.717, 1.165) is 6.26 Å². The Balaban J connectivity index is 2.06. The first kappa shape index (κ1) is 20.6. The predicted molar refractivity (Wildman–Crippen MR) is 105 cm³/mol. The quantitative estimate of drug-likeness (QED) is 0.708. The largest absolute Gasteiger partial charge is 0.496 e. The maximum atomic E-state index is 12.3. The summed E-state index contributed by atoms with van der Waals surface area (Å²) in [6.45, 7) is 2.66. The fraction of sp³-hybridized carbons (Fsp3) is 0.316. The average Bonchev–Trinajstić information content (AvgIpc) is 2.65. The lowest BCUT2D eigenvalue weighted by molar-refractivity contribution is 0.0952. The molecule has 146 valence electrons. The van der Waals surface area contributed by atoms with E-state index in [9.17, 15) is 13.2 Å². The molecule has 0 heterocycles. The van der Waals surface area contributed by atoms with Gasteiger partial charge >= 0.3 is 0 Å². The normalized spacial score (nSPS) is 10.9. The van der Waals surface area contributed by atoms with Gasteiger partial charge in [-0.1, -0.05) is 12.1 Å². The van der Waals surface area contributed by atoms with Crippen molar-refractivity contribution in [2.45, 2.75) is 6.92 Å². The maximum Gasteiger partial charge on any atom is 0.255 e. The molecule has 2 rings (SSSR count). The molecule has 0 radical (unpaired) electrons. The summed E-state index contributed by atoms with van der Waals surface area (Å²) >= 11 is 0. The van der Waals surface area contributed by atoms with Gasteiger partial charge in [-0.25, -0.2) is 8.42 Å². The van der Waals surface area contributed by atoms with Gasteiger partial charge in [-0.3, -0.25) is 9.10 Å². The summed E-state index contributed by atoms with van der Waals surface area (Å²) in [4.78, 5) is 12.3. The SMILES string of the molecule is CCOc1ccc(N(CCNC(=O)c2ccccc2OC)S(C)(=O)=O)cc1. The number of amides is 1. The van der Waals surface area contributed by atoms with Crippen LogP contribution in [0.5, 0.6) is 11.5 Å². The minimum absolute atomic E-state index is 0.105. The van der Waals surface area contributed by atoms with Gasteiger partial charge in [0.2, 0.25) is 10.0 Å². The van der Waals surface area contributed by atoms with Crippen molar-refractivity contribution in [2.75, 3.05) is 37.4 Å². The van der Waals surface area contributed by atoms with Crippen molar-refractivity contribution in [1.29, 1.82) is 0 Å². The van der Waals surface area contributed by atoms with E-state index < -0.39 is 10.0 Å². The minimum atomic E-state index is -3.50. The van der Waals surface area contributed by atoms with Crippen LogP contribution < -0.4 is 19.1 Å². The molecule has 0 atom stereocenters. The lowest BCUT2D eigenvalue weighted by Gasteiger charge is -2.23. The number of nitrogens with zero attached hydrogens (tertiary/aromatic N) is 1. The van der Waals surface area contributed by atoms with E-state index in [1.807, 2.05) is 6.92 Å². The van der Waals surface area contributed by atoms with E-state index in [1.54, 1.807) is 48.5 Å². The molecule has 27 heavy (non-hydrogen) atoms. The number of carbonyl (C=O) groups is 1. The van der Waals surface area contributed by atoms with Crippen LogP contribution in [0.15, 0.2) is 48.5 Å². The Morgan fingerprint density at radius 2 is 1.78 bits per heavy atom. The molecular formula is C19H24N2O5S. The highest BCUT2D eigenvalue weighted by molar-refractivity contribution is 7.92. The highest BCUT2D eigenvalue weighted by Gasteiger charge is 2.18. The molecular weight excluding hydrogens is 368 g/mol. The lowest BCUT2D eigenvalue weighted by atomic mass is 10.2. The Bertz CT molecular complexity index is 866. The molecule has 0 aromatic heterocycles. The monoisotopic (exact) mass is 392 g/mol. The Labute approximate surface area is 160 Å². The van der Waals surface area contributed by atoms with Crippen molar-refractivity contribution in [3.63, 3.8) is 0 Å². The molecule has 1 amide bonds. The molecule has 1 N–H and O–H groups in total. The smallest absolute Gasteiger partial charge is 0.255 e. The summed E-state index contributed by atoms with van der Waals surface area (Å²) < 4.78 is 36.1. The van der Waals surface area contributed by atoms with Gasteiger partial charge in [-0.05, 0) is 43.3 Å². The first-order valence-corrected chi connectivity index (χ1v) is 10.3. The van der Waals surface area contributed by atoms with Crippen molar-refractivity contribution >= 4 is 21.6 Å². The number of anilines is 1. The number of sulfonamides is 1. The van der Waals surface area contributed by atoms with E-state index >= 15 is 0 Å².